The second-order valence-electron chi connectivity index (χ2n) is 9.06. The second-order valence-corrected chi connectivity index (χ2v) is 9.06. The number of carboxylic acids is 10. The van der Waals surface area contributed by atoms with E-state index in [1.165, 1.54) is 27.7 Å². The van der Waals surface area contributed by atoms with E-state index in [4.69, 9.17) is 99.0 Å². The smallest absolute Gasteiger partial charge is 0.373 e. The van der Waals surface area contributed by atoms with E-state index < -0.39 is 71.5 Å². The monoisotopic (exact) mass is 926 g/mol. The van der Waals surface area contributed by atoms with Crippen molar-refractivity contribution >= 4 is 90.5 Å². The maximum atomic E-state index is 10.1. The van der Waals surface area contributed by atoms with Crippen LogP contribution in [0.1, 0.15) is 47.5 Å². The zero-order valence-corrected chi connectivity index (χ0v) is 33.3. The number of carbonyl (C=O) groups excluding carboxylic acids is 10. The van der Waals surface area contributed by atoms with Gasteiger partial charge in [0.15, 0.2) is 0 Å². The van der Waals surface area contributed by atoms with Crippen LogP contribution in [0.3, 0.4) is 0 Å². The van der Waals surface area contributed by atoms with Crippen molar-refractivity contribution in [3.63, 3.8) is 0 Å². The van der Waals surface area contributed by atoms with Crippen LogP contribution >= 0.6 is 0 Å². The Morgan fingerprint density at radius 3 is 0.969 bits per heavy atom. The molecule has 0 aliphatic carbocycles. The van der Waals surface area contributed by atoms with E-state index in [2.05, 4.69) is 6.58 Å². The fourth-order valence-corrected chi connectivity index (χ4v) is 1.68. The SMILES string of the molecule is C/C(=C\C(=O)O)C(=O)O.C/C(=C\CC(=O)O)C(=O)O.C=C(C(=O)O)C(C)C(=O)O.CC(/C=C\C(=O)O)C(=O)O.CC/C(=C\C(=O)O)C(=O)O.O=C=O.O=C=O.O=C=O.O=C=O.O=C=O. The van der Waals surface area contributed by atoms with Gasteiger partial charge >= 0.3 is 90.5 Å². The minimum atomic E-state index is -1.27. The molecule has 354 valence electrons. The van der Waals surface area contributed by atoms with Crippen LogP contribution in [0.25, 0.3) is 0 Å². The minimum absolute atomic E-state index is 0.0578. The summed E-state index contributed by atoms with van der Waals surface area (Å²) in [4.78, 5) is 181. The molecule has 2 atom stereocenters. The highest BCUT2D eigenvalue weighted by atomic mass is 16.4. The average molecular weight is 927 g/mol. The van der Waals surface area contributed by atoms with Gasteiger partial charge in [-0.1, -0.05) is 25.7 Å². The molecule has 0 aromatic rings. The summed E-state index contributed by atoms with van der Waals surface area (Å²) in [7, 11) is 0. The molecule has 0 aliphatic rings. The third kappa shape index (κ3) is 93.8. The Morgan fingerprint density at radius 2 is 0.828 bits per heavy atom. The van der Waals surface area contributed by atoms with Gasteiger partial charge in [-0.2, -0.15) is 47.9 Å². The van der Waals surface area contributed by atoms with Crippen molar-refractivity contribution in [1.29, 1.82) is 0 Å². The lowest BCUT2D eigenvalue weighted by molar-refractivity contribution is -0.193. The molecule has 0 bridgehead atoms. The fraction of sp³-hybridized carbons (Fsp3) is 0.265. The molecule has 0 radical (unpaired) electrons. The Bertz CT molecular complexity index is 1750. The van der Waals surface area contributed by atoms with Crippen LogP contribution in [0, 0.1) is 11.8 Å². The standard InChI is InChI=1S/4C6H8O4.C5H6O4.5CO2/c2*1-4(6(9)10)2-3-5(7)8;1-3(5(7)8)4(2)6(9)10;1-2-4(6(9)10)3-5(7)8;1-3(5(8)9)2-4(6)7;5*2-1-3/h2H,3H2,1H3,(H,7,8)(H,9,10);2-4H,1H3,(H,7,8)(H,9,10);4H,1H2,2H3,(H,7,8)(H,9,10);3H,2H2,1H3,(H,7,8)(H,9,10);2H,1H3,(H,6,7)(H,8,9);;;;;/b4-2+;3-2-;;4-3+;3-2+;;;;;. The first-order chi connectivity index (χ1) is 29.2. The Kier molecular flexibility index (Phi) is 70.8. The highest BCUT2D eigenvalue weighted by Crippen LogP contribution is 2.07. The van der Waals surface area contributed by atoms with Gasteiger partial charge in [0.2, 0.25) is 0 Å². The number of aliphatic carboxylic acids is 10. The van der Waals surface area contributed by atoms with Gasteiger partial charge in [-0.15, -0.1) is 0 Å². The van der Waals surface area contributed by atoms with Crippen LogP contribution in [0.2, 0.25) is 0 Å². The topological polar surface area (TPSA) is 544 Å². The van der Waals surface area contributed by atoms with E-state index >= 15 is 0 Å². The molecule has 64 heavy (non-hydrogen) atoms. The van der Waals surface area contributed by atoms with Crippen LogP contribution in [0.4, 0.5) is 0 Å². The molecule has 0 aliphatic heterocycles. The molecule has 2 unspecified atom stereocenters. The molecular formula is C34H38O30. The molecule has 0 aromatic carbocycles. The molecular weight excluding hydrogens is 888 g/mol. The Balaban J connectivity index is -0.0000000659. The van der Waals surface area contributed by atoms with Crippen LogP contribution < -0.4 is 0 Å². The van der Waals surface area contributed by atoms with E-state index in [0.717, 1.165) is 18.2 Å². The van der Waals surface area contributed by atoms with E-state index in [0.29, 0.717) is 12.2 Å². The number of hydrogen-bond donors (Lipinski definition) is 10. The average Bonchev–Trinajstić information content (AvgIpc) is 3.16. The molecule has 0 saturated carbocycles. The first-order valence-corrected chi connectivity index (χ1v) is 14.9. The van der Waals surface area contributed by atoms with Gasteiger partial charge in [-0.3, -0.25) is 14.4 Å². The van der Waals surface area contributed by atoms with Gasteiger partial charge in [0.1, 0.15) is 0 Å². The maximum absolute atomic E-state index is 10.1. The van der Waals surface area contributed by atoms with Crippen molar-refractivity contribution in [1.82, 2.24) is 0 Å². The van der Waals surface area contributed by atoms with Crippen molar-refractivity contribution in [2.75, 3.05) is 0 Å². The lowest BCUT2D eigenvalue weighted by atomic mass is 10.0. The first-order valence-electron chi connectivity index (χ1n) is 14.9. The van der Waals surface area contributed by atoms with Crippen molar-refractivity contribution < 1.29 is 147 Å². The van der Waals surface area contributed by atoms with Crippen LogP contribution in [-0.2, 0) is 95.9 Å². The zero-order chi connectivity index (χ0) is 53.7. The van der Waals surface area contributed by atoms with Gasteiger partial charge in [0.05, 0.1) is 18.3 Å². The Morgan fingerprint density at radius 1 is 0.500 bits per heavy atom. The lowest BCUT2D eigenvalue weighted by Crippen LogP contribution is -2.17. The molecule has 0 fully saturated rings. The fourth-order valence-electron chi connectivity index (χ4n) is 1.68. The zero-order valence-electron chi connectivity index (χ0n) is 33.3. The molecule has 0 saturated heterocycles. The van der Waals surface area contributed by atoms with E-state index in [9.17, 15) is 47.9 Å². The number of carboxylic acid groups (broad SMARTS) is 10. The highest BCUT2D eigenvalue weighted by molar-refractivity contribution is 5.95. The van der Waals surface area contributed by atoms with Gasteiger partial charge in [0, 0.05) is 40.5 Å². The number of hydrogen-bond acceptors (Lipinski definition) is 20. The second kappa shape index (κ2) is 57.6. The number of rotatable bonds is 14. The predicted octanol–water partition coefficient (Wildman–Crippen LogP) is -1.14. The summed E-state index contributed by atoms with van der Waals surface area (Å²) >= 11 is 0. The summed E-state index contributed by atoms with van der Waals surface area (Å²) in [5, 5.41) is 81.7. The molecule has 0 amide bonds. The third-order valence-corrected chi connectivity index (χ3v) is 4.64. The van der Waals surface area contributed by atoms with Gasteiger partial charge in [-0.05, 0) is 34.1 Å². The van der Waals surface area contributed by atoms with Crippen LogP contribution in [0.15, 0.2) is 59.3 Å². The molecule has 30 nitrogen and oxygen atoms in total. The summed E-state index contributed by atoms with van der Waals surface area (Å²) in [6, 6.07) is 0. The minimum Gasteiger partial charge on any atom is -0.481 e. The summed E-state index contributed by atoms with van der Waals surface area (Å²) < 4.78 is 0. The van der Waals surface area contributed by atoms with Gasteiger partial charge in [0.25, 0.3) is 0 Å². The van der Waals surface area contributed by atoms with E-state index in [1.807, 2.05) is 0 Å². The number of carbonyl (C=O) groups is 10. The summed E-state index contributed by atoms with van der Waals surface area (Å²) in [6.45, 7) is 9.93. The van der Waals surface area contributed by atoms with Crippen molar-refractivity contribution in [3.8, 4) is 0 Å². The molecule has 10 N–H and O–H groups in total. The summed E-state index contributed by atoms with van der Waals surface area (Å²) in [6.07, 6.45) is 5.67. The van der Waals surface area contributed by atoms with Gasteiger partial charge < -0.3 is 51.1 Å². The molecule has 0 heterocycles. The molecule has 0 aromatic heterocycles. The largest absolute Gasteiger partial charge is 0.481 e. The molecule has 0 rings (SSSR count). The van der Waals surface area contributed by atoms with Crippen LogP contribution in [-0.4, -0.2) is 142 Å². The highest BCUT2D eigenvalue weighted by Gasteiger charge is 2.19. The predicted molar refractivity (Wildman–Crippen MR) is 189 cm³/mol. The maximum Gasteiger partial charge on any atom is 0.373 e. The van der Waals surface area contributed by atoms with Crippen LogP contribution in [0.5, 0.6) is 0 Å². The van der Waals surface area contributed by atoms with E-state index in [1.54, 1.807) is 6.92 Å². The van der Waals surface area contributed by atoms with Gasteiger partial charge in [-0.25, -0.2) is 33.6 Å². The van der Waals surface area contributed by atoms with E-state index in [-0.39, 0.29) is 65.9 Å². The quantitative estimate of drug-likeness (QED) is 0.0921. The van der Waals surface area contributed by atoms with Crippen molar-refractivity contribution in [3.05, 3.63) is 59.3 Å². The van der Waals surface area contributed by atoms with Crippen molar-refractivity contribution in [2.24, 2.45) is 11.8 Å². The Labute approximate surface area is 356 Å². The summed E-state index contributed by atoms with van der Waals surface area (Å²) in [5.74, 6) is -13.3. The lowest BCUT2D eigenvalue weighted by Gasteiger charge is -2.03. The third-order valence-electron chi connectivity index (χ3n) is 4.64. The normalized spacial score (nSPS) is 9.61. The Hall–Kier alpha value is -9.70. The summed E-state index contributed by atoms with van der Waals surface area (Å²) in [5.41, 5.74) is -0.509. The molecule has 0 spiro atoms. The van der Waals surface area contributed by atoms with Crippen molar-refractivity contribution in [2.45, 2.75) is 47.5 Å². The first kappa shape index (κ1) is 78.6. The molecule has 30 heteroatoms.